The zero-order chi connectivity index (χ0) is 3.58. The van der Waals surface area contributed by atoms with Crippen LogP contribution in [-0.4, -0.2) is 11.1 Å². The van der Waals surface area contributed by atoms with Gasteiger partial charge >= 0.3 is 0 Å². The van der Waals surface area contributed by atoms with Gasteiger partial charge < -0.3 is 5.11 Å². The quantitative estimate of drug-likeness (QED) is 0.431. The molecule has 0 aliphatic rings. The Hall–Kier alpha value is -0.530. The van der Waals surface area contributed by atoms with Crippen molar-refractivity contribution in [3.63, 3.8) is 0 Å². The molecule has 0 radical (unpaired) electrons. The van der Waals surface area contributed by atoms with E-state index in [0.29, 0.717) is 0 Å². The molecule has 0 fully saturated rings. The molecule has 0 aliphatic heterocycles. The van der Waals surface area contributed by atoms with E-state index in [1.807, 2.05) is 0 Å². The third kappa shape index (κ3) is 1.16. The van der Waals surface area contributed by atoms with Gasteiger partial charge in [0.2, 0.25) is 0 Å². The molecule has 1 N–H and O–H groups in total. The van der Waals surface area contributed by atoms with Crippen LogP contribution >= 0.6 is 0 Å². The maximum absolute atomic E-state index is 9.00. The summed E-state index contributed by atoms with van der Waals surface area (Å²) in [6, 6.07) is 0. The van der Waals surface area contributed by atoms with E-state index in [1.165, 1.54) is 0 Å². The van der Waals surface area contributed by atoms with Crippen LogP contribution < -0.4 is 0 Å². The zero-order valence-corrected chi connectivity index (χ0v) is 2.36. The Kier molecular flexibility index (Phi) is 0.759. The minimum atomic E-state index is -0.833. The maximum atomic E-state index is 9.00. The van der Waals surface area contributed by atoms with Gasteiger partial charge in [-0.2, -0.15) is 0 Å². The van der Waals surface area contributed by atoms with Crippen LogP contribution in [-0.2, 0) is 4.79 Å². The summed E-state index contributed by atoms with van der Waals surface area (Å²) >= 11 is 0. The van der Waals surface area contributed by atoms with Crippen molar-refractivity contribution in [1.29, 1.82) is 0 Å². The molecule has 0 bridgehead atoms. The summed E-state index contributed by atoms with van der Waals surface area (Å²) in [6.45, 7) is 1.08. The molecule has 0 aromatic heterocycles. The number of hydrogen-bond acceptors (Lipinski definition) is 1. The van der Waals surface area contributed by atoms with Gasteiger partial charge in [-0.3, -0.25) is 4.79 Å². The van der Waals surface area contributed by atoms with E-state index < -0.39 is 5.97 Å². The molecule has 0 saturated heterocycles. The van der Waals surface area contributed by atoms with E-state index in [9.17, 15) is 0 Å². The summed E-state index contributed by atoms with van der Waals surface area (Å²) in [4.78, 5) is 9.00. The number of hydrogen-bond donors (Lipinski definition) is 1. The van der Waals surface area contributed by atoms with Crippen LogP contribution in [0.2, 0.25) is 0 Å². The smallest absolute Gasteiger partial charge is 0.300 e. The minimum absolute atomic E-state index is 0.833. The minimum Gasteiger partial charge on any atom is -0.481 e. The Morgan fingerprint density at radius 3 is 2.00 bits per heavy atom. The lowest BCUT2D eigenvalue weighted by atomic mass is 10.9. The Morgan fingerprint density at radius 2 is 2.00 bits per heavy atom. The number of carbonyl (C=O) groups is 1. The molecule has 0 aromatic carbocycles. The second-order valence-corrected chi connectivity index (χ2v) is 0.519. The molecular formula is C2H4O2. The van der Waals surface area contributed by atoms with E-state index in [-0.39, 0.29) is 0 Å². The van der Waals surface area contributed by atoms with Gasteiger partial charge in [-0.25, -0.2) is 0 Å². The molecule has 0 atom stereocenters. The summed E-state index contributed by atoms with van der Waals surface area (Å²) in [7, 11) is 0. The molecule has 0 saturated carbocycles. The molecule has 0 spiro atoms. The molecule has 0 unspecified atom stereocenters. The Labute approximate surface area is 24.1 Å². The maximum Gasteiger partial charge on any atom is 0.300 e. The van der Waals surface area contributed by atoms with Crippen LogP contribution in [0.25, 0.3) is 0 Å². The molecule has 2 heteroatoms. The zero-order valence-electron chi connectivity index (χ0n) is 2.36. The van der Waals surface area contributed by atoms with Crippen molar-refractivity contribution in [1.82, 2.24) is 0 Å². The summed E-state index contributed by atoms with van der Waals surface area (Å²) in [6.07, 6.45) is 0. The van der Waals surface area contributed by atoms with E-state index in [4.69, 9.17) is 9.90 Å². The van der Waals surface area contributed by atoms with Gasteiger partial charge in [0.15, 0.2) is 0 Å². The molecule has 24 valence electrons. The Bertz CT molecular complexity index is 27.0. The van der Waals surface area contributed by atoms with Gasteiger partial charge in [0, 0.05) is 6.92 Å². The summed E-state index contributed by atoms with van der Waals surface area (Å²) in [5, 5.41) is 7.42. The van der Waals surface area contributed by atoms with E-state index in [1.54, 1.807) is 0 Å². The summed E-state index contributed by atoms with van der Waals surface area (Å²) in [5.41, 5.74) is 0. The van der Waals surface area contributed by atoms with Crippen LogP contribution in [0.5, 0.6) is 0 Å². The van der Waals surface area contributed by atoms with Gasteiger partial charge in [0.1, 0.15) is 0 Å². The number of carboxylic acid groups (broad SMARTS) is 1. The summed E-state index contributed by atoms with van der Waals surface area (Å²) in [5.74, 6) is -0.833. The van der Waals surface area contributed by atoms with Gasteiger partial charge in [0.25, 0.3) is 5.97 Å². The average Bonchev–Trinajstić information content (AvgIpc) is 0.811. The number of rotatable bonds is 0. The SMILES string of the molecule is CC(=[17O])[17OH]. The highest BCUT2D eigenvalue weighted by Crippen LogP contribution is 1.42. The first-order valence-electron chi connectivity index (χ1n) is 0.928. The van der Waals surface area contributed by atoms with Crippen molar-refractivity contribution >= 4 is 5.97 Å². The molecular weight excluding hydrogens is 58.0 g/mol. The predicted octanol–water partition coefficient (Wildman–Crippen LogP) is 0.0909. The first kappa shape index (κ1) is 3.47. The molecule has 0 heterocycles. The van der Waals surface area contributed by atoms with Crippen molar-refractivity contribution in [3.8, 4) is 0 Å². The Morgan fingerprint density at radius 1 is 2.00 bits per heavy atom. The highest BCUT2D eigenvalue weighted by atomic mass is 17.3. The van der Waals surface area contributed by atoms with Gasteiger partial charge in [0.05, 0.1) is 0 Å². The Balaban J connectivity index is 2.80. The van der Waals surface area contributed by atoms with Crippen LogP contribution in [0.1, 0.15) is 6.92 Å². The van der Waals surface area contributed by atoms with Crippen LogP contribution in [0.3, 0.4) is 0 Å². The van der Waals surface area contributed by atoms with Crippen LogP contribution in [0.15, 0.2) is 0 Å². The van der Waals surface area contributed by atoms with E-state index >= 15 is 0 Å². The number of aliphatic carboxylic acids is 1. The normalized spacial score (nSPS) is 6.25. The van der Waals surface area contributed by atoms with Gasteiger partial charge in [-0.05, 0) is 0 Å². The topological polar surface area (TPSA) is 37.3 Å². The first-order valence-corrected chi connectivity index (χ1v) is 0.928. The molecule has 0 rings (SSSR count). The lowest BCUT2D eigenvalue weighted by Crippen LogP contribution is -1.78. The van der Waals surface area contributed by atoms with Crippen molar-refractivity contribution < 1.29 is 9.90 Å². The lowest BCUT2D eigenvalue weighted by molar-refractivity contribution is -0.134. The van der Waals surface area contributed by atoms with E-state index in [0.717, 1.165) is 6.92 Å². The predicted molar refractivity (Wildman–Crippen MR) is 13.3 cm³/mol. The second kappa shape index (κ2) is 0.875. The highest BCUT2D eigenvalue weighted by Gasteiger charge is 1.65. The van der Waals surface area contributed by atoms with E-state index in [2.05, 4.69) is 0 Å². The third-order valence-corrected chi connectivity index (χ3v) is 0. The molecule has 2 nitrogen and oxygen atoms in total. The molecule has 4 heavy (non-hydrogen) atoms. The standard InChI is InChI=1S/C2H4O2/c1-2(3)4/h1H3,(H,3,4)/i3+1,4+1. The van der Waals surface area contributed by atoms with Crippen molar-refractivity contribution in [2.75, 3.05) is 0 Å². The van der Waals surface area contributed by atoms with Crippen LogP contribution in [0, 0.1) is 0 Å². The molecule has 0 aliphatic carbocycles. The van der Waals surface area contributed by atoms with Crippen LogP contribution in [0.4, 0.5) is 0 Å². The average molecular weight is 62.1 g/mol. The van der Waals surface area contributed by atoms with Gasteiger partial charge in [-0.15, -0.1) is 0 Å². The summed E-state index contributed by atoms with van der Waals surface area (Å²) < 4.78 is 0. The monoisotopic (exact) mass is 62.0 g/mol. The first-order chi connectivity index (χ1) is 1.73. The molecule has 0 amide bonds. The fourth-order valence-electron chi connectivity index (χ4n) is 0. The highest BCUT2D eigenvalue weighted by molar-refractivity contribution is 5.62. The van der Waals surface area contributed by atoms with Gasteiger partial charge in [-0.1, -0.05) is 0 Å². The third-order valence-electron chi connectivity index (χ3n) is 0. The lowest BCUT2D eigenvalue weighted by Gasteiger charge is -1.59. The van der Waals surface area contributed by atoms with Crippen molar-refractivity contribution in [2.45, 2.75) is 6.92 Å². The fraction of sp³-hybridized carbons (Fsp3) is 0.500. The largest absolute Gasteiger partial charge is 0.481 e. The van der Waals surface area contributed by atoms with Crippen molar-refractivity contribution in [3.05, 3.63) is 0 Å². The second-order valence-electron chi connectivity index (χ2n) is 0.519. The van der Waals surface area contributed by atoms with Crippen molar-refractivity contribution in [2.24, 2.45) is 0 Å². The number of carboxylic acids is 1. The fourth-order valence-corrected chi connectivity index (χ4v) is 0. The molecule has 0 aromatic rings.